The highest BCUT2D eigenvalue weighted by Crippen LogP contribution is 2.14. The van der Waals surface area contributed by atoms with Gasteiger partial charge in [0.05, 0.1) is 0 Å². The Hall–Kier alpha value is -2.55. The van der Waals surface area contributed by atoms with Crippen molar-refractivity contribution in [2.24, 2.45) is 5.92 Å². The molecule has 0 heterocycles. The fraction of sp³-hybridized carbons (Fsp3) is 0.545. The number of carbonyl (C=O) groups excluding carboxylic acids is 3. The van der Waals surface area contributed by atoms with Crippen LogP contribution in [0.25, 0.3) is 0 Å². The number of rotatable bonds is 14. The Kier molecular flexibility index (Phi) is 11.7. The van der Waals surface area contributed by atoms with E-state index in [4.69, 9.17) is 0 Å². The SMILES string of the molecule is CSCC[C@H](NC=O)C(=O)N[C@@H](CC(C)C)C(=O)N(C)[C@@H](Cc1ccccc1)C(=O)O. The topological polar surface area (TPSA) is 116 Å². The standard InChI is InChI=1S/C22H33N3O5S/c1-15(2)12-18(24-20(27)17(23-14-26)10-11-31-4)21(28)25(3)19(22(29)30)13-16-8-6-5-7-9-16/h5-9,14-15,17-19H,10-13H2,1-4H3,(H,23,26)(H,24,27)(H,29,30)/t17-,18-,19-/m0/s1. The van der Waals surface area contributed by atoms with Crippen molar-refractivity contribution in [1.82, 2.24) is 15.5 Å². The van der Waals surface area contributed by atoms with Crippen LogP contribution in [0.15, 0.2) is 30.3 Å². The summed E-state index contributed by atoms with van der Waals surface area (Å²) in [4.78, 5) is 49.9. The predicted octanol–water partition coefficient (Wildman–Crippen LogP) is 1.54. The predicted molar refractivity (Wildman–Crippen MR) is 122 cm³/mol. The Morgan fingerprint density at radius 3 is 2.32 bits per heavy atom. The third-order valence-electron chi connectivity index (χ3n) is 4.89. The zero-order valence-corrected chi connectivity index (χ0v) is 19.4. The molecule has 0 saturated heterocycles. The van der Waals surface area contributed by atoms with Crippen LogP contribution in [0.5, 0.6) is 0 Å². The first-order valence-corrected chi connectivity index (χ1v) is 11.6. The summed E-state index contributed by atoms with van der Waals surface area (Å²) in [6, 6.07) is 6.37. The Labute approximate surface area is 188 Å². The molecule has 0 bridgehead atoms. The van der Waals surface area contributed by atoms with Crippen LogP contribution in [-0.4, -0.2) is 71.4 Å². The lowest BCUT2D eigenvalue weighted by Gasteiger charge is -2.31. The molecular formula is C22H33N3O5S. The number of carbonyl (C=O) groups is 4. The summed E-state index contributed by atoms with van der Waals surface area (Å²) in [6.07, 6.45) is 3.30. The van der Waals surface area contributed by atoms with E-state index in [9.17, 15) is 24.3 Å². The zero-order chi connectivity index (χ0) is 23.4. The monoisotopic (exact) mass is 451 g/mol. The second-order valence-electron chi connectivity index (χ2n) is 7.80. The number of hydrogen-bond donors (Lipinski definition) is 3. The van der Waals surface area contributed by atoms with Gasteiger partial charge in [0, 0.05) is 13.5 Å². The van der Waals surface area contributed by atoms with Crippen LogP contribution in [0.2, 0.25) is 0 Å². The summed E-state index contributed by atoms with van der Waals surface area (Å²) in [5.74, 6) is -1.29. The Balaban J connectivity index is 3.01. The molecule has 3 amide bonds. The summed E-state index contributed by atoms with van der Waals surface area (Å²) in [7, 11) is 1.44. The number of aliphatic carboxylic acids is 1. The number of hydrogen-bond acceptors (Lipinski definition) is 5. The smallest absolute Gasteiger partial charge is 0.326 e. The maximum absolute atomic E-state index is 13.2. The van der Waals surface area contributed by atoms with Crippen LogP contribution in [0.4, 0.5) is 0 Å². The van der Waals surface area contributed by atoms with E-state index in [0.717, 1.165) is 5.56 Å². The van der Waals surface area contributed by atoms with E-state index >= 15 is 0 Å². The van der Waals surface area contributed by atoms with Crippen LogP contribution < -0.4 is 10.6 Å². The molecule has 0 radical (unpaired) electrons. The van der Waals surface area contributed by atoms with Gasteiger partial charge in [-0.15, -0.1) is 0 Å². The maximum atomic E-state index is 13.2. The summed E-state index contributed by atoms with van der Waals surface area (Å²) in [6.45, 7) is 3.83. The summed E-state index contributed by atoms with van der Waals surface area (Å²) in [5.41, 5.74) is 0.798. The molecule has 172 valence electrons. The molecule has 31 heavy (non-hydrogen) atoms. The quantitative estimate of drug-likeness (QED) is 0.370. The zero-order valence-electron chi connectivity index (χ0n) is 18.5. The van der Waals surface area contributed by atoms with E-state index in [1.165, 1.54) is 11.9 Å². The van der Waals surface area contributed by atoms with Gasteiger partial charge >= 0.3 is 5.97 Å². The lowest BCUT2D eigenvalue weighted by atomic mass is 9.99. The average Bonchev–Trinajstić information content (AvgIpc) is 2.73. The van der Waals surface area contributed by atoms with E-state index in [0.29, 0.717) is 25.0 Å². The largest absolute Gasteiger partial charge is 0.480 e. The second kappa shape index (κ2) is 13.7. The fourth-order valence-corrected chi connectivity index (χ4v) is 3.67. The molecule has 3 atom stereocenters. The lowest BCUT2D eigenvalue weighted by Crippen LogP contribution is -2.56. The van der Waals surface area contributed by atoms with Crippen LogP contribution in [0.3, 0.4) is 0 Å². The number of likely N-dealkylation sites (N-methyl/N-ethyl adjacent to an activating group) is 1. The van der Waals surface area contributed by atoms with Crippen LogP contribution >= 0.6 is 11.8 Å². The van der Waals surface area contributed by atoms with Crippen LogP contribution in [0, 0.1) is 5.92 Å². The summed E-state index contributed by atoms with van der Waals surface area (Å²) < 4.78 is 0. The van der Waals surface area contributed by atoms with E-state index in [1.54, 1.807) is 11.8 Å². The third kappa shape index (κ3) is 9.00. The molecule has 0 unspecified atom stereocenters. The Morgan fingerprint density at radius 2 is 1.81 bits per heavy atom. The van der Waals surface area contributed by atoms with Crippen molar-refractivity contribution in [1.29, 1.82) is 0 Å². The molecule has 1 aromatic rings. The summed E-state index contributed by atoms with van der Waals surface area (Å²) >= 11 is 1.55. The van der Waals surface area contributed by atoms with Crippen molar-refractivity contribution in [3.8, 4) is 0 Å². The van der Waals surface area contributed by atoms with Crippen LogP contribution in [0.1, 0.15) is 32.3 Å². The van der Waals surface area contributed by atoms with Gasteiger partial charge in [-0.2, -0.15) is 11.8 Å². The molecule has 0 saturated carbocycles. The molecule has 0 aliphatic heterocycles. The number of thioether (sulfide) groups is 1. The van der Waals surface area contributed by atoms with Crippen molar-refractivity contribution in [2.75, 3.05) is 19.1 Å². The number of nitrogens with zero attached hydrogens (tertiary/aromatic N) is 1. The lowest BCUT2D eigenvalue weighted by molar-refractivity contribution is -0.150. The number of carboxylic acids is 1. The first-order valence-electron chi connectivity index (χ1n) is 10.2. The average molecular weight is 452 g/mol. The molecule has 8 nitrogen and oxygen atoms in total. The highest BCUT2D eigenvalue weighted by Gasteiger charge is 2.33. The van der Waals surface area contributed by atoms with Crippen molar-refractivity contribution >= 4 is 36.0 Å². The van der Waals surface area contributed by atoms with E-state index < -0.39 is 35.9 Å². The number of benzene rings is 1. The van der Waals surface area contributed by atoms with Gasteiger partial charge in [0.1, 0.15) is 18.1 Å². The van der Waals surface area contributed by atoms with Gasteiger partial charge in [0.15, 0.2) is 0 Å². The van der Waals surface area contributed by atoms with Gasteiger partial charge < -0.3 is 20.6 Å². The molecule has 0 aliphatic rings. The van der Waals surface area contributed by atoms with Gasteiger partial charge in [0.25, 0.3) is 0 Å². The van der Waals surface area contributed by atoms with Crippen molar-refractivity contribution in [3.05, 3.63) is 35.9 Å². The molecule has 1 aromatic carbocycles. The van der Waals surface area contributed by atoms with Gasteiger partial charge in [-0.05, 0) is 36.3 Å². The van der Waals surface area contributed by atoms with Gasteiger partial charge in [-0.3, -0.25) is 14.4 Å². The van der Waals surface area contributed by atoms with E-state index in [1.807, 2.05) is 50.4 Å². The summed E-state index contributed by atoms with van der Waals surface area (Å²) in [5, 5.41) is 14.9. The molecule has 3 N–H and O–H groups in total. The molecular weight excluding hydrogens is 418 g/mol. The Morgan fingerprint density at radius 1 is 1.16 bits per heavy atom. The van der Waals surface area contributed by atoms with E-state index in [-0.39, 0.29) is 12.3 Å². The number of carboxylic acid groups (broad SMARTS) is 1. The first-order chi connectivity index (χ1) is 14.7. The molecule has 9 heteroatoms. The maximum Gasteiger partial charge on any atom is 0.326 e. The molecule has 1 rings (SSSR count). The van der Waals surface area contributed by atoms with Crippen LogP contribution in [-0.2, 0) is 25.6 Å². The molecule has 0 spiro atoms. The van der Waals surface area contributed by atoms with Crippen molar-refractivity contribution < 1.29 is 24.3 Å². The normalized spacial score (nSPS) is 13.7. The minimum Gasteiger partial charge on any atom is -0.480 e. The van der Waals surface area contributed by atoms with Gasteiger partial charge in [-0.1, -0.05) is 44.2 Å². The molecule has 0 fully saturated rings. The third-order valence-corrected chi connectivity index (χ3v) is 5.53. The van der Waals surface area contributed by atoms with Crippen molar-refractivity contribution in [2.45, 2.75) is 51.2 Å². The van der Waals surface area contributed by atoms with Gasteiger partial charge in [0.2, 0.25) is 18.2 Å². The second-order valence-corrected chi connectivity index (χ2v) is 8.79. The minimum absolute atomic E-state index is 0.0868. The van der Waals surface area contributed by atoms with Crippen molar-refractivity contribution in [3.63, 3.8) is 0 Å². The Bertz CT molecular complexity index is 729. The highest BCUT2D eigenvalue weighted by atomic mass is 32.2. The minimum atomic E-state index is -1.12. The van der Waals surface area contributed by atoms with E-state index in [2.05, 4.69) is 10.6 Å². The fourth-order valence-electron chi connectivity index (χ4n) is 3.20. The first kappa shape index (κ1) is 26.5. The number of nitrogens with one attached hydrogen (secondary N) is 2. The number of amides is 3. The highest BCUT2D eigenvalue weighted by molar-refractivity contribution is 7.98. The molecule has 0 aliphatic carbocycles. The molecule has 0 aromatic heterocycles. The van der Waals surface area contributed by atoms with Gasteiger partial charge in [-0.25, -0.2) is 4.79 Å².